The fraction of sp³-hybridized carbons (Fsp3) is 0.154. The molecule has 0 unspecified atom stereocenters. The van der Waals surface area contributed by atoms with Gasteiger partial charge in [0.1, 0.15) is 0 Å². The largest absolute Gasteiger partial charge is 0.394 e. The van der Waals surface area contributed by atoms with E-state index in [0.717, 1.165) is 6.07 Å². The molecule has 0 radical (unpaired) electrons. The minimum atomic E-state index is -4.15. The van der Waals surface area contributed by atoms with E-state index in [2.05, 4.69) is 9.71 Å². The second kappa shape index (κ2) is 6.08. The van der Waals surface area contributed by atoms with Crippen LogP contribution in [0, 0.1) is 5.82 Å². The second-order valence-corrected chi connectivity index (χ2v) is 5.69. The van der Waals surface area contributed by atoms with E-state index in [1.807, 2.05) is 0 Å². The zero-order valence-electron chi connectivity index (χ0n) is 10.4. The summed E-state index contributed by atoms with van der Waals surface area (Å²) in [7, 11) is -4.15. The number of rotatable bonds is 5. The van der Waals surface area contributed by atoms with Crippen LogP contribution in [-0.2, 0) is 10.0 Å². The van der Waals surface area contributed by atoms with Gasteiger partial charge >= 0.3 is 0 Å². The third kappa shape index (κ3) is 3.19. The Hall–Kier alpha value is -1.83. The number of hydrogen-bond donors (Lipinski definition) is 2. The molecule has 0 aliphatic carbocycles. The zero-order chi connectivity index (χ0) is 14.6. The van der Waals surface area contributed by atoms with E-state index in [0.29, 0.717) is 5.56 Å². The first-order valence-electron chi connectivity index (χ1n) is 5.83. The van der Waals surface area contributed by atoms with Crippen molar-refractivity contribution in [3.63, 3.8) is 0 Å². The third-order valence-corrected chi connectivity index (χ3v) is 4.07. The molecule has 7 heteroatoms. The number of nitrogens with zero attached hydrogens (tertiary/aromatic N) is 1. The number of benzene rings is 1. The van der Waals surface area contributed by atoms with Gasteiger partial charge in [0.2, 0.25) is 5.03 Å². The van der Waals surface area contributed by atoms with Crippen molar-refractivity contribution in [1.29, 1.82) is 0 Å². The van der Waals surface area contributed by atoms with Crippen LogP contribution in [0.1, 0.15) is 11.6 Å². The van der Waals surface area contributed by atoms with E-state index in [1.54, 1.807) is 30.3 Å². The molecule has 1 aromatic heterocycles. The Morgan fingerprint density at radius 3 is 2.50 bits per heavy atom. The van der Waals surface area contributed by atoms with Gasteiger partial charge in [0.25, 0.3) is 10.0 Å². The average Bonchev–Trinajstić information content (AvgIpc) is 2.46. The van der Waals surface area contributed by atoms with E-state index < -0.39 is 33.5 Å². The van der Waals surface area contributed by atoms with Gasteiger partial charge in [-0.2, -0.15) is 4.72 Å². The molecule has 0 bridgehead atoms. The molecule has 5 nitrogen and oxygen atoms in total. The van der Waals surface area contributed by atoms with Crippen molar-refractivity contribution in [3.05, 3.63) is 60.0 Å². The van der Waals surface area contributed by atoms with Gasteiger partial charge in [-0.15, -0.1) is 0 Å². The molecular formula is C13H13FN2O3S. The van der Waals surface area contributed by atoms with Crippen molar-refractivity contribution in [2.45, 2.75) is 11.1 Å². The lowest BCUT2D eigenvalue weighted by Crippen LogP contribution is -2.32. The Bertz CT molecular complexity index is 677. The Kier molecular flexibility index (Phi) is 4.43. The minimum Gasteiger partial charge on any atom is -0.394 e. The van der Waals surface area contributed by atoms with Gasteiger partial charge in [-0.25, -0.2) is 17.8 Å². The summed E-state index contributed by atoms with van der Waals surface area (Å²) in [5.41, 5.74) is 0.579. The number of aliphatic hydroxyl groups excluding tert-OH is 1. The van der Waals surface area contributed by atoms with E-state index in [4.69, 9.17) is 0 Å². The summed E-state index contributed by atoms with van der Waals surface area (Å²) in [5.74, 6) is -0.940. The zero-order valence-corrected chi connectivity index (χ0v) is 11.2. The normalized spacial score (nSPS) is 13.1. The maximum Gasteiger partial charge on any atom is 0.261 e. The molecule has 0 fully saturated rings. The molecule has 0 aliphatic heterocycles. The third-order valence-electron chi connectivity index (χ3n) is 2.66. The maximum absolute atomic E-state index is 13.5. The molecular weight excluding hydrogens is 283 g/mol. The summed E-state index contributed by atoms with van der Waals surface area (Å²) in [6.07, 6.45) is 1.19. The van der Waals surface area contributed by atoms with Crippen LogP contribution in [0.2, 0.25) is 0 Å². The van der Waals surface area contributed by atoms with Gasteiger partial charge < -0.3 is 5.11 Å². The highest BCUT2D eigenvalue weighted by atomic mass is 32.2. The van der Waals surface area contributed by atoms with E-state index in [-0.39, 0.29) is 0 Å². The van der Waals surface area contributed by atoms with E-state index in [1.165, 1.54) is 12.3 Å². The number of pyridine rings is 1. The summed E-state index contributed by atoms with van der Waals surface area (Å²) < 4.78 is 39.9. The molecule has 0 saturated carbocycles. The van der Waals surface area contributed by atoms with Crippen molar-refractivity contribution >= 4 is 10.0 Å². The second-order valence-electron chi connectivity index (χ2n) is 4.06. The average molecular weight is 296 g/mol. The van der Waals surface area contributed by atoms with Crippen molar-refractivity contribution in [3.8, 4) is 0 Å². The summed E-state index contributed by atoms with van der Waals surface area (Å²) >= 11 is 0. The Balaban J connectivity index is 2.30. The molecule has 2 aromatic rings. The predicted molar refractivity (Wildman–Crippen MR) is 70.8 cm³/mol. The molecule has 2 N–H and O–H groups in total. The van der Waals surface area contributed by atoms with Gasteiger partial charge in [-0.1, -0.05) is 30.3 Å². The number of sulfonamides is 1. The van der Waals surface area contributed by atoms with Crippen LogP contribution in [0.15, 0.2) is 53.7 Å². The summed E-state index contributed by atoms with van der Waals surface area (Å²) in [6.45, 7) is -0.447. The van der Waals surface area contributed by atoms with Crippen molar-refractivity contribution < 1.29 is 17.9 Å². The Labute approximate surface area is 116 Å². The Morgan fingerprint density at radius 1 is 1.20 bits per heavy atom. The highest BCUT2D eigenvalue weighted by Gasteiger charge is 2.24. The predicted octanol–water partition coefficient (Wildman–Crippen LogP) is 1.23. The van der Waals surface area contributed by atoms with Crippen LogP contribution >= 0.6 is 0 Å². The lowest BCUT2D eigenvalue weighted by atomic mass is 10.1. The van der Waals surface area contributed by atoms with Gasteiger partial charge in [0, 0.05) is 6.20 Å². The monoisotopic (exact) mass is 296 g/mol. The minimum absolute atomic E-state index is 0.447. The van der Waals surface area contributed by atoms with E-state index in [9.17, 15) is 17.9 Å². The summed E-state index contributed by atoms with van der Waals surface area (Å²) in [4.78, 5) is 3.52. The molecule has 0 amide bonds. The highest BCUT2D eigenvalue weighted by molar-refractivity contribution is 7.89. The molecule has 20 heavy (non-hydrogen) atoms. The Morgan fingerprint density at radius 2 is 1.90 bits per heavy atom. The lowest BCUT2D eigenvalue weighted by Gasteiger charge is -2.16. The summed E-state index contributed by atoms with van der Waals surface area (Å²) in [6, 6.07) is 9.98. The van der Waals surface area contributed by atoms with Crippen LogP contribution in [0.25, 0.3) is 0 Å². The number of aromatic nitrogens is 1. The molecule has 106 valence electrons. The first kappa shape index (κ1) is 14.6. The molecule has 1 atom stereocenters. The molecule has 1 heterocycles. The molecule has 1 aromatic carbocycles. The lowest BCUT2D eigenvalue weighted by molar-refractivity contribution is 0.258. The topological polar surface area (TPSA) is 79.3 Å². The highest BCUT2D eigenvalue weighted by Crippen LogP contribution is 2.17. The van der Waals surface area contributed by atoms with Gasteiger partial charge in [-0.3, -0.25) is 0 Å². The van der Waals surface area contributed by atoms with Crippen LogP contribution in [0.3, 0.4) is 0 Å². The number of nitrogens with one attached hydrogen (secondary N) is 1. The van der Waals surface area contributed by atoms with Crippen molar-refractivity contribution in [2.24, 2.45) is 0 Å². The number of halogens is 1. The SMILES string of the molecule is O=S(=O)(N[C@H](CO)c1ccccc1)c1ncccc1F. The molecule has 0 spiro atoms. The fourth-order valence-corrected chi connectivity index (χ4v) is 2.93. The number of aliphatic hydroxyl groups is 1. The van der Waals surface area contributed by atoms with Crippen molar-refractivity contribution in [1.82, 2.24) is 9.71 Å². The summed E-state index contributed by atoms with van der Waals surface area (Å²) in [5, 5.41) is 8.63. The van der Waals surface area contributed by atoms with Crippen LogP contribution < -0.4 is 4.72 Å². The standard InChI is InChI=1S/C13H13FN2O3S/c14-11-7-4-8-15-13(11)20(18,19)16-12(9-17)10-5-2-1-3-6-10/h1-8,12,16-17H,9H2/t12-/m1/s1. The van der Waals surface area contributed by atoms with Gasteiger partial charge in [-0.05, 0) is 17.7 Å². The van der Waals surface area contributed by atoms with Gasteiger partial charge in [0.15, 0.2) is 5.82 Å². The van der Waals surface area contributed by atoms with E-state index >= 15 is 0 Å². The number of hydrogen-bond acceptors (Lipinski definition) is 4. The first-order valence-corrected chi connectivity index (χ1v) is 7.31. The smallest absolute Gasteiger partial charge is 0.261 e. The fourth-order valence-electron chi connectivity index (χ4n) is 1.71. The molecule has 0 aliphatic rings. The first-order chi connectivity index (χ1) is 9.54. The quantitative estimate of drug-likeness (QED) is 0.870. The van der Waals surface area contributed by atoms with Gasteiger partial charge in [0.05, 0.1) is 12.6 Å². The maximum atomic E-state index is 13.5. The van der Waals surface area contributed by atoms with Crippen LogP contribution in [0.4, 0.5) is 4.39 Å². The molecule has 0 saturated heterocycles. The van der Waals surface area contributed by atoms with Crippen LogP contribution in [0.5, 0.6) is 0 Å². The van der Waals surface area contributed by atoms with Crippen LogP contribution in [-0.4, -0.2) is 25.1 Å². The molecule has 2 rings (SSSR count). The van der Waals surface area contributed by atoms with Crippen molar-refractivity contribution in [2.75, 3.05) is 6.61 Å².